The number of piperidine rings is 1. The maximum Gasteiger partial charge on any atom is 0.0910 e. The van der Waals surface area contributed by atoms with Crippen LogP contribution >= 0.6 is 11.3 Å². The molecule has 3 heteroatoms. The summed E-state index contributed by atoms with van der Waals surface area (Å²) < 4.78 is 0. The van der Waals surface area contributed by atoms with Gasteiger partial charge in [0, 0.05) is 4.88 Å². The summed E-state index contributed by atoms with van der Waals surface area (Å²) in [6, 6.07) is 4.03. The van der Waals surface area contributed by atoms with Crippen molar-refractivity contribution in [1.29, 1.82) is 0 Å². The maximum absolute atomic E-state index is 10.0. The molecule has 2 nitrogen and oxygen atoms in total. The van der Waals surface area contributed by atoms with E-state index in [0.717, 1.165) is 30.8 Å². The van der Waals surface area contributed by atoms with Gasteiger partial charge in [-0.05, 0) is 43.3 Å². The predicted molar refractivity (Wildman–Crippen MR) is 54.9 cm³/mol. The van der Waals surface area contributed by atoms with Crippen molar-refractivity contribution in [3.05, 3.63) is 22.4 Å². The Morgan fingerprint density at radius 3 is 2.85 bits per heavy atom. The van der Waals surface area contributed by atoms with Crippen molar-refractivity contribution in [3.63, 3.8) is 0 Å². The van der Waals surface area contributed by atoms with Gasteiger partial charge >= 0.3 is 0 Å². The average Bonchev–Trinajstić information content (AvgIpc) is 2.71. The molecule has 0 aliphatic carbocycles. The van der Waals surface area contributed by atoms with Gasteiger partial charge in [-0.25, -0.2) is 0 Å². The lowest BCUT2D eigenvalue weighted by Crippen LogP contribution is -2.30. The van der Waals surface area contributed by atoms with Crippen molar-refractivity contribution in [2.45, 2.75) is 18.9 Å². The summed E-state index contributed by atoms with van der Waals surface area (Å²) in [5, 5.41) is 15.4. The summed E-state index contributed by atoms with van der Waals surface area (Å²) in [5.74, 6) is 0.458. The number of aliphatic hydroxyl groups excluding tert-OH is 1. The molecule has 2 N–H and O–H groups in total. The summed E-state index contributed by atoms with van der Waals surface area (Å²) in [5.41, 5.74) is 0. The number of rotatable bonds is 2. The van der Waals surface area contributed by atoms with Crippen molar-refractivity contribution in [1.82, 2.24) is 5.32 Å². The van der Waals surface area contributed by atoms with Crippen LogP contribution < -0.4 is 5.32 Å². The first-order chi connectivity index (χ1) is 6.38. The molecule has 1 aliphatic heterocycles. The van der Waals surface area contributed by atoms with Crippen LogP contribution in [0.25, 0.3) is 0 Å². The minimum Gasteiger partial charge on any atom is -0.387 e. The molecule has 1 saturated heterocycles. The lowest BCUT2D eigenvalue weighted by Gasteiger charge is -2.26. The van der Waals surface area contributed by atoms with Crippen molar-refractivity contribution < 1.29 is 5.11 Å². The largest absolute Gasteiger partial charge is 0.387 e. The summed E-state index contributed by atoms with van der Waals surface area (Å²) in [4.78, 5) is 1.12. The highest BCUT2D eigenvalue weighted by atomic mass is 32.1. The molecule has 2 rings (SSSR count). The Morgan fingerprint density at radius 1 is 1.46 bits per heavy atom. The Labute approximate surface area is 82.6 Å². The van der Waals surface area contributed by atoms with E-state index in [2.05, 4.69) is 5.32 Å². The number of aliphatic hydroxyl groups is 1. The standard InChI is InChI=1S/C10H15NOS/c12-10(9-2-1-7-13-9)8-3-5-11-6-4-8/h1-2,7-8,10-12H,3-6H2/t10-/m0/s1. The van der Waals surface area contributed by atoms with E-state index in [1.54, 1.807) is 11.3 Å². The fourth-order valence-electron chi connectivity index (χ4n) is 1.85. The van der Waals surface area contributed by atoms with E-state index < -0.39 is 0 Å². The molecule has 0 amide bonds. The maximum atomic E-state index is 10.0. The van der Waals surface area contributed by atoms with Crippen LogP contribution in [0.5, 0.6) is 0 Å². The smallest absolute Gasteiger partial charge is 0.0910 e. The Bertz CT molecular complexity index is 241. The fraction of sp³-hybridized carbons (Fsp3) is 0.600. The highest BCUT2D eigenvalue weighted by Gasteiger charge is 2.23. The zero-order valence-corrected chi connectivity index (χ0v) is 8.39. The molecule has 1 aromatic rings. The quantitative estimate of drug-likeness (QED) is 0.757. The van der Waals surface area contributed by atoms with Gasteiger partial charge < -0.3 is 10.4 Å². The molecule has 1 aromatic heterocycles. The molecule has 2 heterocycles. The van der Waals surface area contributed by atoms with E-state index in [-0.39, 0.29) is 6.10 Å². The SMILES string of the molecule is O[C@H](c1cccs1)C1CCNCC1. The minimum absolute atomic E-state index is 0.234. The first-order valence-corrected chi connectivity index (χ1v) is 5.68. The van der Waals surface area contributed by atoms with Crippen LogP contribution in [0.2, 0.25) is 0 Å². The monoisotopic (exact) mass is 197 g/mol. The van der Waals surface area contributed by atoms with Crippen LogP contribution in [0.1, 0.15) is 23.8 Å². The van der Waals surface area contributed by atoms with Gasteiger partial charge in [0.1, 0.15) is 0 Å². The van der Waals surface area contributed by atoms with Crippen molar-refractivity contribution >= 4 is 11.3 Å². The Morgan fingerprint density at radius 2 is 2.23 bits per heavy atom. The third-order valence-corrected chi connectivity index (χ3v) is 3.61. The second-order valence-electron chi connectivity index (χ2n) is 3.55. The summed E-state index contributed by atoms with van der Waals surface area (Å²) in [7, 11) is 0. The molecule has 0 aromatic carbocycles. The van der Waals surface area contributed by atoms with Gasteiger partial charge in [-0.15, -0.1) is 11.3 Å². The Kier molecular flexibility index (Phi) is 2.98. The normalized spacial score (nSPS) is 21.6. The second-order valence-corrected chi connectivity index (χ2v) is 4.53. The molecule has 1 fully saturated rings. The van der Waals surface area contributed by atoms with Crippen molar-refractivity contribution in [2.24, 2.45) is 5.92 Å². The molecule has 0 saturated carbocycles. The summed E-state index contributed by atoms with van der Waals surface area (Å²) >= 11 is 1.65. The van der Waals surface area contributed by atoms with Crippen LogP contribution in [-0.4, -0.2) is 18.2 Å². The van der Waals surface area contributed by atoms with Gasteiger partial charge in [0.15, 0.2) is 0 Å². The third-order valence-electron chi connectivity index (χ3n) is 2.67. The van der Waals surface area contributed by atoms with Crippen molar-refractivity contribution in [3.8, 4) is 0 Å². The number of thiophene rings is 1. The molecular weight excluding hydrogens is 182 g/mol. The van der Waals surface area contributed by atoms with Crippen LogP contribution in [0.4, 0.5) is 0 Å². The summed E-state index contributed by atoms with van der Waals surface area (Å²) in [6.45, 7) is 2.10. The van der Waals surface area contributed by atoms with Crippen molar-refractivity contribution in [2.75, 3.05) is 13.1 Å². The van der Waals surface area contributed by atoms with Crippen LogP contribution in [-0.2, 0) is 0 Å². The molecular formula is C10H15NOS. The summed E-state index contributed by atoms with van der Waals surface area (Å²) in [6.07, 6.45) is 1.96. The fourth-order valence-corrected chi connectivity index (χ4v) is 2.66. The lowest BCUT2D eigenvalue weighted by atomic mass is 9.91. The van der Waals surface area contributed by atoms with Gasteiger partial charge in [-0.3, -0.25) is 0 Å². The molecule has 1 atom stereocenters. The zero-order valence-electron chi connectivity index (χ0n) is 7.57. The highest BCUT2D eigenvalue weighted by molar-refractivity contribution is 7.10. The van der Waals surface area contributed by atoms with E-state index in [4.69, 9.17) is 0 Å². The molecule has 0 radical (unpaired) electrons. The topological polar surface area (TPSA) is 32.3 Å². The molecule has 1 aliphatic rings. The predicted octanol–water partition coefficient (Wildman–Crippen LogP) is 1.78. The average molecular weight is 197 g/mol. The highest BCUT2D eigenvalue weighted by Crippen LogP contribution is 2.30. The van der Waals surface area contributed by atoms with E-state index >= 15 is 0 Å². The number of hydrogen-bond acceptors (Lipinski definition) is 3. The third kappa shape index (κ3) is 2.10. The first-order valence-electron chi connectivity index (χ1n) is 4.80. The van der Waals surface area contributed by atoms with E-state index in [9.17, 15) is 5.11 Å². The van der Waals surface area contributed by atoms with Crippen LogP contribution in [0, 0.1) is 5.92 Å². The lowest BCUT2D eigenvalue weighted by molar-refractivity contribution is 0.0920. The molecule has 13 heavy (non-hydrogen) atoms. The zero-order chi connectivity index (χ0) is 9.10. The van der Waals surface area contributed by atoms with E-state index in [1.165, 1.54) is 0 Å². The van der Waals surface area contributed by atoms with Crippen LogP contribution in [0.15, 0.2) is 17.5 Å². The van der Waals surface area contributed by atoms with E-state index in [1.807, 2.05) is 17.5 Å². The van der Waals surface area contributed by atoms with Gasteiger partial charge in [-0.2, -0.15) is 0 Å². The van der Waals surface area contributed by atoms with Gasteiger partial charge in [0.25, 0.3) is 0 Å². The minimum atomic E-state index is -0.234. The number of nitrogens with one attached hydrogen (secondary N) is 1. The van der Waals surface area contributed by atoms with Gasteiger partial charge in [0.05, 0.1) is 6.10 Å². The van der Waals surface area contributed by atoms with Gasteiger partial charge in [0.2, 0.25) is 0 Å². The van der Waals surface area contributed by atoms with E-state index in [0.29, 0.717) is 5.92 Å². The Balaban J connectivity index is 1.99. The molecule has 0 spiro atoms. The second kappa shape index (κ2) is 4.22. The molecule has 72 valence electrons. The molecule has 0 bridgehead atoms. The van der Waals surface area contributed by atoms with Crippen LogP contribution in [0.3, 0.4) is 0 Å². The Hall–Kier alpha value is -0.380. The van der Waals surface area contributed by atoms with Gasteiger partial charge in [-0.1, -0.05) is 6.07 Å². The first kappa shape index (κ1) is 9.19. The molecule has 0 unspecified atom stereocenters. The number of hydrogen-bond donors (Lipinski definition) is 2.